The fourth-order valence-corrected chi connectivity index (χ4v) is 5.33. The van der Waals surface area contributed by atoms with E-state index < -0.39 is 47.7 Å². The lowest BCUT2D eigenvalue weighted by Crippen LogP contribution is -2.57. The molecule has 0 aliphatic carbocycles. The van der Waals surface area contributed by atoms with Crippen LogP contribution in [-0.2, 0) is 32.1 Å². The second-order valence-corrected chi connectivity index (χ2v) is 12.0. The van der Waals surface area contributed by atoms with Gasteiger partial charge in [0.05, 0.1) is 13.1 Å². The Hall–Kier alpha value is -5.00. The van der Waals surface area contributed by atoms with Gasteiger partial charge in [-0.2, -0.15) is 5.10 Å². The molecule has 46 heavy (non-hydrogen) atoms. The molecular formula is C34H43N7O5. The average Bonchev–Trinajstić information content (AvgIpc) is 3.55. The number of amides is 5. The monoisotopic (exact) mass is 629 g/mol. The third kappa shape index (κ3) is 9.26. The molecule has 244 valence electrons. The van der Waals surface area contributed by atoms with Crippen LogP contribution in [-0.4, -0.2) is 93.9 Å². The van der Waals surface area contributed by atoms with Crippen molar-refractivity contribution in [2.24, 2.45) is 5.92 Å². The molecule has 0 unspecified atom stereocenters. The molecule has 0 spiro atoms. The summed E-state index contributed by atoms with van der Waals surface area (Å²) in [5.74, 6) is -2.24. The van der Waals surface area contributed by atoms with Crippen LogP contribution in [0.25, 0.3) is 0 Å². The van der Waals surface area contributed by atoms with Crippen LogP contribution in [0, 0.1) is 5.92 Å². The molecule has 0 bridgehead atoms. The number of nitrogens with zero attached hydrogens (tertiary/aromatic N) is 4. The lowest BCUT2D eigenvalue weighted by atomic mass is 10.0. The van der Waals surface area contributed by atoms with E-state index in [1.165, 1.54) is 16.8 Å². The first kappa shape index (κ1) is 33.9. The van der Waals surface area contributed by atoms with Crippen molar-refractivity contribution in [2.75, 3.05) is 26.7 Å². The largest absolute Gasteiger partial charge is 0.353 e. The highest BCUT2D eigenvalue weighted by Gasteiger charge is 2.33. The molecule has 12 heteroatoms. The van der Waals surface area contributed by atoms with Crippen LogP contribution in [0.3, 0.4) is 0 Å². The smallest absolute Gasteiger partial charge is 0.254 e. The number of hydrogen-bond acceptors (Lipinski definition) is 6. The predicted octanol–water partition coefficient (Wildman–Crippen LogP) is 1.61. The maximum atomic E-state index is 13.8. The van der Waals surface area contributed by atoms with Gasteiger partial charge in [0.1, 0.15) is 18.1 Å². The van der Waals surface area contributed by atoms with E-state index in [4.69, 9.17) is 0 Å². The second kappa shape index (κ2) is 15.8. The Bertz CT molecular complexity index is 1510. The van der Waals surface area contributed by atoms with Gasteiger partial charge >= 0.3 is 0 Å². The minimum Gasteiger partial charge on any atom is -0.353 e. The molecule has 2 heterocycles. The molecule has 0 radical (unpaired) electrons. The second-order valence-electron chi connectivity index (χ2n) is 12.0. The number of nitrogens with one attached hydrogen (secondary N) is 3. The van der Waals surface area contributed by atoms with E-state index in [2.05, 4.69) is 21.0 Å². The van der Waals surface area contributed by atoms with Gasteiger partial charge in [-0.25, -0.2) is 0 Å². The first-order valence-electron chi connectivity index (χ1n) is 15.6. The lowest BCUT2D eigenvalue weighted by molar-refractivity contribution is -0.142. The molecule has 2 aromatic carbocycles. The van der Waals surface area contributed by atoms with E-state index >= 15 is 0 Å². The van der Waals surface area contributed by atoms with E-state index in [1.807, 2.05) is 62.5 Å². The van der Waals surface area contributed by atoms with Crippen molar-refractivity contribution in [2.45, 2.75) is 58.3 Å². The average molecular weight is 630 g/mol. The highest BCUT2D eigenvalue weighted by Crippen LogP contribution is 2.13. The highest BCUT2D eigenvalue weighted by atomic mass is 16.2. The Kier molecular flexibility index (Phi) is 11.7. The Labute approximate surface area is 269 Å². The zero-order chi connectivity index (χ0) is 33.2. The highest BCUT2D eigenvalue weighted by molar-refractivity contribution is 5.98. The van der Waals surface area contributed by atoms with E-state index in [1.54, 1.807) is 36.0 Å². The lowest BCUT2D eigenvalue weighted by Gasteiger charge is -2.30. The summed E-state index contributed by atoms with van der Waals surface area (Å²) in [6, 6.07) is 15.4. The minimum atomic E-state index is -0.930. The van der Waals surface area contributed by atoms with Gasteiger partial charge in [0.25, 0.3) is 5.91 Å². The van der Waals surface area contributed by atoms with Gasteiger partial charge in [0.2, 0.25) is 23.6 Å². The number of rotatable bonds is 7. The van der Waals surface area contributed by atoms with Crippen molar-refractivity contribution >= 4 is 29.5 Å². The number of likely N-dealkylation sites (N-methyl/N-ethyl adjacent to an activating group) is 1. The molecule has 1 fully saturated rings. The SMILES string of the molecule is CC(C)C[C@@H]1NC(=O)CN(C(=O)c2cccc(Cn3cccn3)c2)CCNC(=O)[C@H](Cc2ccccc2)NC(=O)[C@H](C)N(C)C1=O. The van der Waals surface area contributed by atoms with Crippen molar-refractivity contribution < 1.29 is 24.0 Å². The molecule has 1 aliphatic heterocycles. The summed E-state index contributed by atoms with van der Waals surface area (Å²) < 4.78 is 1.74. The molecule has 3 aromatic rings. The Morgan fingerprint density at radius 1 is 0.935 bits per heavy atom. The summed E-state index contributed by atoms with van der Waals surface area (Å²) in [4.78, 5) is 70.3. The Morgan fingerprint density at radius 3 is 2.37 bits per heavy atom. The standard InChI is InChI=1S/C34H43N7O5/c1-23(2)18-29-34(46)39(4)24(3)31(43)38-28(20-25-10-6-5-7-11-25)32(44)35-15-17-40(22-30(42)37-29)33(45)27-13-8-12-26(19-27)21-41-16-9-14-36-41/h5-14,16,19,23-24,28-29H,15,17-18,20-22H2,1-4H3,(H,35,44)(H,37,42)(H,38,43)/t24-,28-,29-/m0/s1. The van der Waals surface area contributed by atoms with Gasteiger partial charge in [-0.05, 0) is 48.6 Å². The third-order valence-electron chi connectivity index (χ3n) is 7.94. The van der Waals surface area contributed by atoms with Crippen molar-refractivity contribution in [3.63, 3.8) is 0 Å². The molecule has 1 saturated heterocycles. The minimum absolute atomic E-state index is 0.0203. The summed E-state index contributed by atoms with van der Waals surface area (Å²) in [5, 5.41) is 12.7. The summed E-state index contributed by atoms with van der Waals surface area (Å²) in [7, 11) is 1.50. The molecule has 3 N–H and O–H groups in total. The van der Waals surface area contributed by atoms with Gasteiger partial charge in [-0.15, -0.1) is 0 Å². The number of carbonyl (C=O) groups is 5. The molecule has 5 amide bonds. The summed E-state index contributed by atoms with van der Waals surface area (Å²) >= 11 is 0. The van der Waals surface area contributed by atoms with Gasteiger partial charge in [0.15, 0.2) is 0 Å². The topological polar surface area (TPSA) is 146 Å². The van der Waals surface area contributed by atoms with E-state index in [-0.39, 0.29) is 32.0 Å². The van der Waals surface area contributed by atoms with Gasteiger partial charge in [0, 0.05) is 44.5 Å². The predicted molar refractivity (Wildman–Crippen MR) is 172 cm³/mol. The van der Waals surface area contributed by atoms with E-state index in [0.717, 1.165) is 11.1 Å². The van der Waals surface area contributed by atoms with Crippen molar-refractivity contribution in [3.05, 3.63) is 89.7 Å². The zero-order valence-electron chi connectivity index (χ0n) is 26.8. The fraction of sp³-hybridized carbons (Fsp3) is 0.412. The summed E-state index contributed by atoms with van der Waals surface area (Å²) in [6.07, 6.45) is 4.06. The zero-order valence-corrected chi connectivity index (χ0v) is 26.8. The quantitative estimate of drug-likeness (QED) is 0.362. The summed E-state index contributed by atoms with van der Waals surface area (Å²) in [6.45, 7) is 5.64. The van der Waals surface area contributed by atoms with E-state index in [0.29, 0.717) is 18.5 Å². The first-order chi connectivity index (χ1) is 22.0. The number of hydrogen-bond donors (Lipinski definition) is 3. The third-order valence-corrected chi connectivity index (χ3v) is 7.94. The van der Waals surface area contributed by atoms with Gasteiger partial charge in [-0.3, -0.25) is 28.7 Å². The molecule has 12 nitrogen and oxygen atoms in total. The molecule has 3 atom stereocenters. The van der Waals surface area contributed by atoms with Crippen LogP contribution >= 0.6 is 0 Å². The number of benzene rings is 2. The van der Waals surface area contributed by atoms with Crippen LogP contribution in [0.15, 0.2) is 73.1 Å². The van der Waals surface area contributed by atoms with Crippen LogP contribution in [0.4, 0.5) is 0 Å². The molecule has 1 aromatic heterocycles. The van der Waals surface area contributed by atoms with Crippen molar-refractivity contribution in [3.8, 4) is 0 Å². The number of aromatic nitrogens is 2. The Balaban J connectivity index is 1.62. The van der Waals surface area contributed by atoms with Gasteiger partial charge < -0.3 is 25.8 Å². The van der Waals surface area contributed by atoms with Crippen LogP contribution in [0.2, 0.25) is 0 Å². The summed E-state index contributed by atoms with van der Waals surface area (Å²) in [5.41, 5.74) is 2.07. The maximum absolute atomic E-state index is 13.8. The van der Waals surface area contributed by atoms with E-state index in [9.17, 15) is 24.0 Å². The van der Waals surface area contributed by atoms with Crippen LogP contribution < -0.4 is 16.0 Å². The molecule has 1 aliphatic rings. The van der Waals surface area contributed by atoms with Gasteiger partial charge in [-0.1, -0.05) is 56.3 Å². The van der Waals surface area contributed by atoms with Crippen molar-refractivity contribution in [1.29, 1.82) is 0 Å². The van der Waals surface area contributed by atoms with Crippen LogP contribution in [0.5, 0.6) is 0 Å². The fourth-order valence-electron chi connectivity index (χ4n) is 5.33. The van der Waals surface area contributed by atoms with Crippen LogP contribution in [0.1, 0.15) is 48.7 Å². The van der Waals surface area contributed by atoms with Crippen molar-refractivity contribution in [1.82, 2.24) is 35.5 Å². The first-order valence-corrected chi connectivity index (χ1v) is 15.6. The molecule has 0 saturated carbocycles. The Morgan fingerprint density at radius 2 is 1.67 bits per heavy atom. The maximum Gasteiger partial charge on any atom is 0.254 e. The molecular weight excluding hydrogens is 586 g/mol. The normalized spacial score (nSPS) is 20.4. The molecule has 4 rings (SSSR count). The number of carbonyl (C=O) groups excluding carboxylic acids is 5.